The third-order valence-electron chi connectivity index (χ3n) is 2.00. The van der Waals surface area contributed by atoms with Gasteiger partial charge in [0.2, 0.25) is 10.9 Å². The minimum absolute atomic E-state index is 0.576. The maximum Gasteiger partial charge on any atom is 0.231 e. The minimum Gasteiger partial charge on any atom is -0.461 e. The summed E-state index contributed by atoms with van der Waals surface area (Å²) in [6, 6.07) is 5.44. The summed E-state index contributed by atoms with van der Waals surface area (Å²) >= 11 is 1.42. The molecule has 3 aromatic rings. The summed E-state index contributed by atoms with van der Waals surface area (Å²) in [5.74, 6) is 1.89. The SMILES string of the molecule is c1coc(-c2cc(CSc3nn[nH]n3)no2)c1. The van der Waals surface area contributed by atoms with Crippen molar-refractivity contribution in [3.8, 4) is 11.5 Å². The fraction of sp³-hybridized carbons (Fsp3) is 0.111. The van der Waals surface area contributed by atoms with Crippen molar-refractivity contribution in [1.29, 1.82) is 0 Å². The molecule has 1 N–H and O–H groups in total. The van der Waals surface area contributed by atoms with Crippen LogP contribution in [0.25, 0.3) is 11.5 Å². The lowest BCUT2D eigenvalue weighted by molar-refractivity contribution is 0.413. The number of nitrogens with one attached hydrogen (secondary N) is 1. The van der Waals surface area contributed by atoms with E-state index in [1.807, 2.05) is 12.1 Å². The monoisotopic (exact) mass is 249 g/mol. The molecular formula is C9H7N5O2S. The highest BCUT2D eigenvalue weighted by Gasteiger charge is 2.10. The average Bonchev–Trinajstić information content (AvgIpc) is 3.09. The van der Waals surface area contributed by atoms with Gasteiger partial charge in [0.25, 0.3) is 0 Å². The van der Waals surface area contributed by atoms with Crippen LogP contribution in [0.5, 0.6) is 0 Å². The predicted octanol–water partition coefficient (Wildman–Crippen LogP) is 1.74. The van der Waals surface area contributed by atoms with Crippen molar-refractivity contribution in [1.82, 2.24) is 25.8 Å². The van der Waals surface area contributed by atoms with Crippen molar-refractivity contribution in [2.75, 3.05) is 0 Å². The predicted molar refractivity (Wildman–Crippen MR) is 57.9 cm³/mol. The maximum atomic E-state index is 5.20. The van der Waals surface area contributed by atoms with Crippen LogP contribution in [0.1, 0.15) is 5.69 Å². The molecule has 0 atom stereocenters. The molecule has 0 fully saturated rings. The van der Waals surface area contributed by atoms with Crippen LogP contribution in [-0.4, -0.2) is 25.8 Å². The van der Waals surface area contributed by atoms with E-state index >= 15 is 0 Å². The van der Waals surface area contributed by atoms with E-state index in [0.717, 1.165) is 5.69 Å². The molecule has 0 aromatic carbocycles. The van der Waals surface area contributed by atoms with Gasteiger partial charge >= 0.3 is 0 Å². The molecule has 3 aromatic heterocycles. The first-order valence-electron chi connectivity index (χ1n) is 4.77. The fourth-order valence-electron chi connectivity index (χ4n) is 1.27. The third-order valence-corrected chi connectivity index (χ3v) is 2.87. The van der Waals surface area contributed by atoms with E-state index in [1.165, 1.54) is 11.8 Å². The standard InChI is InChI=1S/C9H7N5O2S/c1-2-7(15-3-1)8-4-6(12-16-8)5-17-9-10-13-14-11-9/h1-4H,5H2,(H,10,11,13,14). The molecule has 0 aliphatic carbocycles. The van der Waals surface area contributed by atoms with Gasteiger partial charge in [-0.25, -0.2) is 0 Å². The Hall–Kier alpha value is -2.09. The lowest BCUT2D eigenvalue weighted by atomic mass is 10.3. The second kappa shape index (κ2) is 4.42. The highest BCUT2D eigenvalue weighted by Crippen LogP contribution is 2.23. The Kier molecular flexibility index (Phi) is 2.62. The van der Waals surface area contributed by atoms with Crippen LogP contribution in [0.3, 0.4) is 0 Å². The van der Waals surface area contributed by atoms with E-state index in [4.69, 9.17) is 8.94 Å². The second-order valence-electron chi connectivity index (χ2n) is 3.14. The Morgan fingerprint density at radius 2 is 2.35 bits per heavy atom. The quantitative estimate of drug-likeness (QED) is 0.704. The summed E-state index contributed by atoms with van der Waals surface area (Å²) < 4.78 is 10.4. The van der Waals surface area contributed by atoms with Gasteiger partial charge in [-0.15, -0.1) is 10.2 Å². The van der Waals surface area contributed by atoms with Gasteiger partial charge in [-0.3, -0.25) is 0 Å². The Balaban J connectivity index is 1.69. The lowest BCUT2D eigenvalue weighted by Gasteiger charge is -1.88. The zero-order valence-corrected chi connectivity index (χ0v) is 9.35. The van der Waals surface area contributed by atoms with Gasteiger partial charge in [0, 0.05) is 11.8 Å². The van der Waals surface area contributed by atoms with Crippen LogP contribution in [0.15, 0.2) is 38.6 Å². The zero-order chi connectivity index (χ0) is 11.5. The van der Waals surface area contributed by atoms with Crippen LogP contribution in [0.4, 0.5) is 0 Å². The minimum atomic E-state index is 0.576. The maximum absolute atomic E-state index is 5.20. The molecule has 0 aliphatic heterocycles. The van der Waals surface area contributed by atoms with Gasteiger partial charge < -0.3 is 8.94 Å². The Morgan fingerprint density at radius 3 is 3.12 bits per heavy atom. The zero-order valence-electron chi connectivity index (χ0n) is 8.53. The number of rotatable bonds is 4. The van der Waals surface area contributed by atoms with Crippen LogP contribution < -0.4 is 0 Å². The van der Waals surface area contributed by atoms with Crippen LogP contribution in [0, 0.1) is 0 Å². The van der Waals surface area contributed by atoms with E-state index in [-0.39, 0.29) is 0 Å². The van der Waals surface area contributed by atoms with Crippen molar-refractivity contribution in [2.45, 2.75) is 10.9 Å². The number of hydrogen-bond acceptors (Lipinski definition) is 7. The largest absolute Gasteiger partial charge is 0.461 e. The highest BCUT2D eigenvalue weighted by molar-refractivity contribution is 7.98. The molecule has 3 heterocycles. The Bertz CT molecular complexity index is 574. The molecule has 0 saturated heterocycles. The number of nitrogens with zero attached hydrogens (tertiary/aromatic N) is 4. The summed E-state index contributed by atoms with van der Waals surface area (Å²) in [6.07, 6.45) is 1.59. The number of furan rings is 1. The summed E-state index contributed by atoms with van der Waals surface area (Å²) in [6.45, 7) is 0. The normalized spacial score (nSPS) is 10.8. The molecule has 86 valence electrons. The molecule has 0 aliphatic rings. The number of aromatic amines is 1. The van der Waals surface area contributed by atoms with Crippen molar-refractivity contribution in [3.63, 3.8) is 0 Å². The van der Waals surface area contributed by atoms with Crippen molar-refractivity contribution in [3.05, 3.63) is 30.2 Å². The van der Waals surface area contributed by atoms with E-state index in [2.05, 4.69) is 25.8 Å². The van der Waals surface area contributed by atoms with E-state index < -0.39 is 0 Å². The second-order valence-corrected chi connectivity index (χ2v) is 4.09. The molecule has 0 bridgehead atoms. The van der Waals surface area contributed by atoms with Crippen LogP contribution in [-0.2, 0) is 5.75 Å². The molecule has 17 heavy (non-hydrogen) atoms. The molecular weight excluding hydrogens is 242 g/mol. The third kappa shape index (κ3) is 2.21. The molecule has 8 heteroatoms. The summed E-state index contributed by atoms with van der Waals surface area (Å²) in [5, 5.41) is 18.0. The summed E-state index contributed by atoms with van der Waals surface area (Å²) in [4.78, 5) is 0. The summed E-state index contributed by atoms with van der Waals surface area (Å²) in [7, 11) is 0. The van der Waals surface area contributed by atoms with Crippen LogP contribution >= 0.6 is 11.8 Å². The smallest absolute Gasteiger partial charge is 0.231 e. The highest BCUT2D eigenvalue weighted by atomic mass is 32.2. The number of thioether (sulfide) groups is 1. The number of hydrogen-bond donors (Lipinski definition) is 1. The van der Waals surface area contributed by atoms with Crippen molar-refractivity contribution < 1.29 is 8.94 Å². The first kappa shape index (κ1) is 10.1. The fourth-order valence-corrected chi connectivity index (χ4v) is 1.88. The number of tetrazole rings is 1. The van der Waals surface area contributed by atoms with Gasteiger partial charge in [-0.1, -0.05) is 16.9 Å². The molecule has 0 unspecified atom stereocenters. The van der Waals surface area contributed by atoms with Gasteiger partial charge in [-0.05, 0) is 17.3 Å². The van der Waals surface area contributed by atoms with Gasteiger partial charge in [0.15, 0.2) is 5.76 Å². The van der Waals surface area contributed by atoms with Gasteiger partial charge in [0.1, 0.15) is 0 Å². The summed E-state index contributed by atoms with van der Waals surface area (Å²) in [5.41, 5.74) is 0.797. The van der Waals surface area contributed by atoms with E-state index in [9.17, 15) is 0 Å². The molecule has 0 radical (unpaired) electrons. The van der Waals surface area contributed by atoms with Crippen molar-refractivity contribution >= 4 is 11.8 Å². The molecule has 7 nitrogen and oxygen atoms in total. The first-order chi connectivity index (χ1) is 8.42. The molecule has 3 rings (SSSR count). The molecule has 0 saturated carbocycles. The Morgan fingerprint density at radius 1 is 1.35 bits per heavy atom. The average molecular weight is 249 g/mol. The van der Waals surface area contributed by atoms with Crippen molar-refractivity contribution in [2.24, 2.45) is 0 Å². The molecule has 0 spiro atoms. The number of H-pyrrole nitrogens is 1. The number of aromatic nitrogens is 5. The topological polar surface area (TPSA) is 93.6 Å². The molecule has 0 amide bonds. The van der Waals surface area contributed by atoms with E-state index in [1.54, 1.807) is 12.3 Å². The Labute approximate surface area is 99.6 Å². The lowest BCUT2D eigenvalue weighted by Crippen LogP contribution is -1.81. The van der Waals surface area contributed by atoms with E-state index in [0.29, 0.717) is 22.4 Å². The van der Waals surface area contributed by atoms with Gasteiger partial charge in [0.05, 0.1) is 12.0 Å². The van der Waals surface area contributed by atoms with Crippen LogP contribution in [0.2, 0.25) is 0 Å². The first-order valence-corrected chi connectivity index (χ1v) is 5.76. The van der Waals surface area contributed by atoms with Gasteiger partial charge in [-0.2, -0.15) is 5.21 Å².